The number of likely N-dealkylation sites (tertiary alicyclic amines) is 1. The molecule has 3 nitrogen and oxygen atoms in total. The second-order valence-corrected chi connectivity index (χ2v) is 5.73. The first-order valence-corrected chi connectivity index (χ1v) is 6.16. The molecular formula is C13H23NO2. The topological polar surface area (TPSA) is 37.4 Å². The molecule has 1 aliphatic rings. The zero-order valence-corrected chi connectivity index (χ0v) is 10.7. The number of amides is 1. The smallest absolute Gasteiger partial charge is 0.222 e. The maximum atomic E-state index is 11.8. The van der Waals surface area contributed by atoms with Crippen LogP contribution in [0, 0.1) is 11.3 Å². The molecule has 0 radical (unpaired) electrons. The van der Waals surface area contributed by atoms with Gasteiger partial charge in [-0.15, -0.1) is 0 Å². The van der Waals surface area contributed by atoms with E-state index in [9.17, 15) is 9.59 Å². The summed E-state index contributed by atoms with van der Waals surface area (Å²) in [7, 11) is 0. The van der Waals surface area contributed by atoms with Crippen molar-refractivity contribution in [2.75, 3.05) is 13.1 Å². The maximum absolute atomic E-state index is 11.8. The molecule has 1 unspecified atom stereocenters. The van der Waals surface area contributed by atoms with Gasteiger partial charge < -0.3 is 9.69 Å². The molecule has 1 saturated heterocycles. The summed E-state index contributed by atoms with van der Waals surface area (Å²) in [5.74, 6) is 0.825. The third-order valence-corrected chi connectivity index (χ3v) is 3.55. The van der Waals surface area contributed by atoms with Gasteiger partial charge in [-0.1, -0.05) is 20.8 Å². The maximum Gasteiger partial charge on any atom is 0.222 e. The van der Waals surface area contributed by atoms with E-state index in [0.717, 1.165) is 25.7 Å². The van der Waals surface area contributed by atoms with E-state index in [0.29, 0.717) is 25.3 Å². The van der Waals surface area contributed by atoms with Crippen LogP contribution >= 0.6 is 0 Å². The first kappa shape index (κ1) is 13.2. The number of carbonyl (C=O) groups excluding carboxylic acids is 2. The molecule has 1 amide bonds. The summed E-state index contributed by atoms with van der Waals surface area (Å²) < 4.78 is 0. The second-order valence-electron chi connectivity index (χ2n) is 5.73. The third-order valence-electron chi connectivity index (χ3n) is 3.55. The molecule has 1 atom stereocenters. The van der Waals surface area contributed by atoms with Crippen LogP contribution in [0.5, 0.6) is 0 Å². The Labute approximate surface area is 98.2 Å². The molecule has 0 aromatic carbocycles. The summed E-state index contributed by atoms with van der Waals surface area (Å²) in [6.07, 6.45) is 4.04. The summed E-state index contributed by atoms with van der Waals surface area (Å²) in [6.45, 7) is 8.13. The van der Waals surface area contributed by atoms with Crippen molar-refractivity contribution in [1.29, 1.82) is 0 Å². The van der Waals surface area contributed by atoms with Crippen molar-refractivity contribution in [2.45, 2.75) is 46.5 Å². The van der Waals surface area contributed by atoms with Gasteiger partial charge in [0.25, 0.3) is 0 Å². The van der Waals surface area contributed by atoms with E-state index in [-0.39, 0.29) is 11.3 Å². The van der Waals surface area contributed by atoms with Crippen LogP contribution in [-0.2, 0) is 9.59 Å². The molecule has 0 aliphatic carbocycles. The Hall–Kier alpha value is -0.860. The highest BCUT2D eigenvalue weighted by atomic mass is 16.2. The van der Waals surface area contributed by atoms with Gasteiger partial charge >= 0.3 is 0 Å². The summed E-state index contributed by atoms with van der Waals surface area (Å²) in [5.41, 5.74) is 0.279. The normalized spacial score (nSPS) is 23.1. The van der Waals surface area contributed by atoms with Crippen LogP contribution < -0.4 is 0 Å². The molecule has 1 fully saturated rings. The fourth-order valence-corrected chi connectivity index (χ4v) is 2.35. The number of carbonyl (C=O) groups is 2. The molecule has 0 aromatic heterocycles. The van der Waals surface area contributed by atoms with Crippen molar-refractivity contribution in [3.05, 3.63) is 0 Å². The molecule has 0 spiro atoms. The van der Waals surface area contributed by atoms with Gasteiger partial charge in [0.05, 0.1) is 0 Å². The summed E-state index contributed by atoms with van der Waals surface area (Å²) in [5, 5.41) is 0. The lowest BCUT2D eigenvalue weighted by Crippen LogP contribution is -2.31. The fourth-order valence-electron chi connectivity index (χ4n) is 2.35. The van der Waals surface area contributed by atoms with Crippen LogP contribution in [0.15, 0.2) is 0 Å². The fraction of sp³-hybridized carbons (Fsp3) is 0.846. The van der Waals surface area contributed by atoms with Crippen molar-refractivity contribution < 1.29 is 9.59 Å². The summed E-state index contributed by atoms with van der Waals surface area (Å²) in [4.78, 5) is 24.0. The first-order chi connectivity index (χ1) is 7.45. The Morgan fingerprint density at radius 2 is 2.06 bits per heavy atom. The SMILES string of the molecule is CC(C)(C)C1CCC(=O)N(CCC=O)CC1. The predicted octanol–water partition coefficient (Wildman–Crippen LogP) is 2.25. The largest absolute Gasteiger partial charge is 0.342 e. The van der Waals surface area contributed by atoms with Crippen LogP contribution in [0.25, 0.3) is 0 Å². The Bertz CT molecular complexity index is 255. The molecule has 1 heterocycles. The predicted molar refractivity (Wildman–Crippen MR) is 64.1 cm³/mol. The number of aldehydes is 1. The minimum absolute atomic E-state index is 0.216. The van der Waals surface area contributed by atoms with Crippen LogP contribution in [0.1, 0.15) is 46.5 Å². The van der Waals surface area contributed by atoms with Crippen LogP contribution in [0.4, 0.5) is 0 Å². The Kier molecular flexibility index (Phi) is 4.51. The number of nitrogens with zero attached hydrogens (tertiary/aromatic N) is 1. The molecule has 0 N–H and O–H groups in total. The Morgan fingerprint density at radius 1 is 1.38 bits per heavy atom. The van der Waals surface area contributed by atoms with Crippen molar-refractivity contribution in [2.24, 2.45) is 11.3 Å². The van der Waals surface area contributed by atoms with E-state index in [1.807, 2.05) is 4.90 Å². The van der Waals surface area contributed by atoms with Gasteiger partial charge in [0.1, 0.15) is 6.29 Å². The molecule has 0 saturated carbocycles. The lowest BCUT2D eigenvalue weighted by molar-refractivity contribution is -0.130. The van der Waals surface area contributed by atoms with Crippen molar-refractivity contribution in [3.8, 4) is 0 Å². The lowest BCUT2D eigenvalue weighted by atomic mass is 9.77. The van der Waals surface area contributed by atoms with Crippen molar-refractivity contribution in [1.82, 2.24) is 4.90 Å². The first-order valence-electron chi connectivity index (χ1n) is 6.16. The zero-order valence-electron chi connectivity index (χ0n) is 10.7. The summed E-state index contributed by atoms with van der Waals surface area (Å²) >= 11 is 0. The second kappa shape index (κ2) is 5.46. The van der Waals surface area contributed by atoms with E-state index in [4.69, 9.17) is 0 Å². The highest BCUT2D eigenvalue weighted by Gasteiger charge is 2.29. The zero-order chi connectivity index (χ0) is 12.2. The molecule has 16 heavy (non-hydrogen) atoms. The van der Waals surface area contributed by atoms with Gasteiger partial charge in [0.15, 0.2) is 0 Å². The molecule has 0 aromatic rings. The number of hydrogen-bond acceptors (Lipinski definition) is 2. The van der Waals surface area contributed by atoms with E-state index >= 15 is 0 Å². The van der Waals surface area contributed by atoms with Gasteiger partial charge in [0.2, 0.25) is 5.91 Å². The van der Waals surface area contributed by atoms with Gasteiger partial charge in [-0.25, -0.2) is 0 Å². The molecule has 1 rings (SSSR count). The number of rotatable bonds is 3. The average molecular weight is 225 g/mol. The Morgan fingerprint density at radius 3 is 2.62 bits per heavy atom. The van der Waals surface area contributed by atoms with Gasteiger partial charge in [0, 0.05) is 25.9 Å². The average Bonchev–Trinajstić information content (AvgIpc) is 2.37. The van der Waals surface area contributed by atoms with Crippen LogP contribution in [-0.4, -0.2) is 30.2 Å². The van der Waals surface area contributed by atoms with E-state index in [2.05, 4.69) is 20.8 Å². The van der Waals surface area contributed by atoms with Crippen LogP contribution in [0.3, 0.4) is 0 Å². The van der Waals surface area contributed by atoms with Crippen molar-refractivity contribution >= 4 is 12.2 Å². The minimum Gasteiger partial charge on any atom is -0.342 e. The highest BCUT2D eigenvalue weighted by molar-refractivity contribution is 5.76. The molecule has 3 heteroatoms. The molecular weight excluding hydrogens is 202 g/mol. The molecule has 92 valence electrons. The highest BCUT2D eigenvalue weighted by Crippen LogP contribution is 2.34. The van der Waals surface area contributed by atoms with Gasteiger partial charge in [-0.2, -0.15) is 0 Å². The van der Waals surface area contributed by atoms with E-state index in [1.54, 1.807) is 0 Å². The quantitative estimate of drug-likeness (QED) is 0.691. The summed E-state index contributed by atoms with van der Waals surface area (Å²) in [6, 6.07) is 0. The van der Waals surface area contributed by atoms with E-state index in [1.165, 1.54) is 0 Å². The minimum atomic E-state index is 0.216. The van der Waals surface area contributed by atoms with Gasteiger partial charge in [-0.3, -0.25) is 4.79 Å². The van der Waals surface area contributed by atoms with Crippen LogP contribution in [0.2, 0.25) is 0 Å². The van der Waals surface area contributed by atoms with Crippen molar-refractivity contribution in [3.63, 3.8) is 0 Å². The third kappa shape index (κ3) is 3.62. The Balaban J connectivity index is 2.55. The van der Waals surface area contributed by atoms with E-state index < -0.39 is 0 Å². The standard InChI is InChI=1S/C13H23NO2/c1-13(2,3)11-5-6-12(16)14(9-7-11)8-4-10-15/h10-11H,4-9H2,1-3H3. The lowest BCUT2D eigenvalue weighted by Gasteiger charge is -2.29. The van der Waals surface area contributed by atoms with Gasteiger partial charge in [-0.05, 0) is 24.2 Å². The number of hydrogen-bond donors (Lipinski definition) is 0. The molecule has 1 aliphatic heterocycles. The monoisotopic (exact) mass is 225 g/mol. The molecule has 0 bridgehead atoms.